The number of amides is 2. The molecule has 0 saturated carbocycles. The number of benzene rings is 1. The second-order valence-electron chi connectivity index (χ2n) is 4.45. The van der Waals surface area contributed by atoms with Crippen LogP contribution in [0.4, 0.5) is 5.69 Å². The number of hydrogen-bond donors (Lipinski definition) is 0. The van der Waals surface area contributed by atoms with E-state index >= 15 is 0 Å². The van der Waals surface area contributed by atoms with Gasteiger partial charge >= 0.3 is 5.97 Å². The Morgan fingerprint density at radius 3 is 2.45 bits per heavy atom. The Balaban J connectivity index is 2.19. The van der Waals surface area contributed by atoms with Crippen molar-refractivity contribution in [3.8, 4) is 0 Å². The maximum absolute atomic E-state index is 11.7. The van der Waals surface area contributed by atoms with Gasteiger partial charge in [0.15, 0.2) is 5.78 Å². The van der Waals surface area contributed by atoms with E-state index in [1.54, 1.807) is 12.1 Å². The molecule has 20 heavy (non-hydrogen) atoms. The highest BCUT2D eigenvalue weighted by atomic mass is 16.5. The Kier molecular flexibility index (Phi) is 3.93. The molecule has 2 amide bonds. The lowest BCUT2D eigenvalue weighted by Gasteiger charge is -2.14. The number of ketones is 1. The van der Waals surface area contributed by atoms with Crippen LogP contribution in [-0.4, -0.2) is 30.2 Å². The van der Waals surface area contributed by atoms with Crippen molar-refractivity contribution in [1.82, 2.24) is 0 Å². The smallest absolute Gasteiger partial charge is 0.338 e. The van der Waals surface area contributed by atoms with Crippen LogP contribution in [0.1, 0.15) is 30.1 Å². The van der Waals surface area contributed by atoms with Crippen molar-refractivity contribution in [1.29, 1.82) is 0 Å². The number of anilines is 1. The minimum atomic E-state index is -0.666. The van der Waals surface area contributed by atoms with Gasteiger partial charge in [0.05, 0.1) is 11.3 Å². The van der Waals surface area contributed by atoms with E-state index in [1.165, 1.54) is 19.1 Å². The maximum atomic E-state index is 11.7. The Bertz CT molecular complexity index is 577. The number of hydrogen-bond acceptors (Lipinski definition) is 5. The third kappa shape index (κ3) is 2.90. The van der Waals surface area contributed by atoms with Crippen LogP contribution in [-0.2, 0) is 19.1 Å². The van der Waals surface area contributed by atoms with Crippen molar-refractivity contribution in [2.75, 3.05) is 11.5 Å². The van der Waals surface area contributed by atoms with Crippen LogP contribution in [0.15, 0.2) is 24.3 Å². The van der Waals surface area contributed by atoms with E-state index in [2.05, 4.69) is 0 Å². The Morgan fingerprint density at radius 1 is 1.20 bits per heavy atom. The Hall–Kier alpha value is -2.50. The average Bonchev–Trinajstić information content (AvgIpc) is 2.75. The van der Waals surface area contributed by atoms with Crippen LogP contribution < -0.4 is 4.90 Å². The Labute approximate surface area is 115 Å². The number of carbonyl (C=O) groups is 4. The first-order valence-electron chi connectivity index (χ1n) is 6.11. The monoisotopic (exact) mass is 275 g/mol. The van der Waals surface area contributed by atoms with Crippen LogP contribution in [0.25, 0.3) is 0 Å². The molecule has 1 heterocycles. The molecule has 1 aromatic rings. The van der Waals surface area contributed by atoms with E-state index in [1.807, 2.05) is 0 Å². The van der Waals surface area contributed by atoms with Crippen molar-refractivity contribution in [2.24, 2.45) is 0 Å². The number of ether oxygens (including phenoxy) is 1. The molecule has 6 heteroatoms. The van der Waals surface area contributed by atoms with Gasteiger partial charge < -0.3 is 4.74 Å². The number of nitrogens with zero attached hydrogens (tertiary/aromatic N) is 1. The topological polar surface area (TPSA) is 80.8 Å². The second-order valence-corrected chi connectivity index (χ2v) is 4.45. The SMILES string of the molecule is CC(=O)COC(=O)c1cccc(N2C(=O)CCC2=O)c1. The summed E-state index contributed by atoms with van der Waals surface area (Å²) < 4.78 is 4.78. The van der Waals surface area contributed by atoms with Crippen molar-refractivity contribution in [2.45, 2.75) is 19.8 Å². The molecule has 0 aromatic heterocycles. The van der Waals surface area contributed by atoms with Gasteiger partial charge in [-0.25, -0.2) is 4.79 Å². The largest absolute Gasteiger partial charge is 0.454 e. The molecule has 0 bridgehead atoms. The summed E-state index contributed by atoms with van der Waals surface area (Å²) in [7, 11) is 0. The molecule has 0 spiro atoms. The number of carbonyl (C=O) groups excluding carboxylic acids is 4. The quantitative estimate of drug-likeness (QED) is 0.607. The third-order valence-corrected chi connectivity index (χ3v) is 2.80. The lowest BCUT2D eigenvalue weighted by atomic mass is 10.2. The lowest BCUT2D eigenvalue weighted by molar-refractivity contribution is -0.121. The average molecular weight is 275 g/mol. The van der Waals surface area contributed by atoms with Crippen molar-refractivity contribution in [3.63, 3.8) is 0 Å². The van der Waals surface area contributed by atoms with E-state index < -0.39 is 5.97 Å². The predicted octanol–water partition coefficient (Wildman–Crippen LogP) is 1.09. The minimum Gasteiger partial charge on any atom is -0.454 e. The summed E-state index contributed by atoms with van der Waals surface area (Å²) in [5.41, 5.74) is 0.533. The molecule has 0 unspecified atom stereocenters. The zero-order valence-electron chi connectivity index (χ0n) is 10.9. The van der Waals surface area contributed by atoms with Crippen LogP contribution in [0, 0.1) is 0 Å². The summed E-state index contributed by atoms with van der Waals surface area (Å²) in [5.74, 6) is -1.51. The van der Waals surface area contributed by atoms with Gasteiger partial charge in [0, 0.05) is 12.8 Å². The van der Waals surface area contributed by atoms with Crippen molar-refractivity contribution < 1.29 is 23.9 Å². The molecule has 104 valence electrons. The van der Waals surface area contributed by atoms with E-state index in [0.29, 0.717) is 5.69 Å². The van der Waals surface area contributed by atoms with Crippen LogP contribution >= 0.6 is 0 Å². The molecule has 1 aliphatic heterocycles. The van der Waals surface area contributed by atoms with E-state index in [4.69, 9.17) is 4.74 Å². The maximum Gasteiger partial charge on any atom is 0.338 e. The summed E-state index contributed by atoms with van der Waals surface area (Å²) in [6.07, 6.45) is 0.357. The standard InChI is InChI=1S/C14H13NO5/c1-9(16)8-20-14(19)10-3-2-4-11(7-10)15-12(17)5-6-13(15)18/h2-4,7H,5-6,8H2,1H3. The second kappa shape index (κ2) is 5.64. The van der Waals surface area contributed by atoms with Crippen LogP contribution in [0.5, 0.6) is 0 Å². The van der Waals surface area contributed by atoms with Gasteiger partial charge in [0.1, 0.15) is 6.61 Å². The predicted molar refractivity (Wildman–Crippen MR) is 69.1 cm³/mol. The van der Waals surface area contributed by atoms with Crippen LogP contribution in [0.3, 0.4) is 0 Å². The first-order chi connectivity index (χ1) is 9.49. The fourth-order valence-electron chi connectivity index (χ4n) is 1.89. The molecule has 2 rings (SSSR count). The summed E-state index contributed by atoms with van der Waals surface area (Å²) in [6.45, 7) is 1.01. The number of esters is 1. The molecular formula is C14H13NO5. The summed E-state index contributed by atoms with van der Waals surface area (Å²) >= 11 is 0. The Morgan fingerprint density at radius 2 is 1.85 bits per heavy atom. The van der Waals surface area contributed by atoms with E-state index in [9.17, 15) is 19.2 Å². The molecular weight excluding hydrogens is 262 g/mol. The van der Waals surface area contributed by atoms with Gasteiger partial charge in [-0.2, -0.15) is 0 Å². The van der Waals surface area contributed by atoms with Crippen molar-refractivity contribution >= 4 is 29.3 Å². The minimum absolute atomic E-state index is 0.178. The highest BCUT2D eigenvalue weighted by molar-refractivity contribution is 6.20. The van der Waals surface area contributed by atoms with Crippen molar-refractivity contribution in [3.05, 3.63) is 29.8 Å². The molecule has 0 N–H and O–H groups in total. The fourth-order valence-corrected chi connectivity index (χ4v) is 1.89. The zero-order chi connectivity index (χ0) is 14.7. The molecule has 1 aliphatic rings. The highest BCUT2D eigenvalue weighted by Gasteiger charge is 2.30. The zero-order valence-corrected chi connectivity index (χ0v) is 10.9. The molecule has 0 radical (unpaired) electrons. The molecule has 1 saturated heterocycles. The van der Waals surface area contributed by atoms with Gasteiger partial charge in [-0.3, -0.25) is 19.3 Å². The summed E-state index contributed by atoms with van der Waals surface area (Å²) in [4.78, 5) is 46.8. The van der Waals surface area contributed by atoms with Gasteiger partial charge in [-0.05, 0) is 25.1 Å². The van der Waals surface area contributed by atoms with Crippen LogP contribution in [0.2, 0.25) is 0 Å². The lowest BCUT2D eigenvalue weighted by Crippen LogP contribution is -2.28. The van der Waals surface area contributed by atoms with Gasteiger partial charge in [0.2, 0.25) is 11.8 Å². The van der Waals surface area contributed by atoms with Gasteiger partial charge in [-0.15, -0.1) is 0 Å². The third-order valence-electron chi connectivity index (χ3n) is 2.80. The van der Waals surface area contributed by atoms with E-state index in [0.717, 1.165) is 4.90 Å². The number of imide groups is 1. The molecule has 1 fully saturated rings. The molecule has 0 atom stereocenters. The van der Waals surface area contributed by atoms with E-state index in [-0.39, 0.29) is 42.6 Å². The first kappa shape index (κ1) is 13.9. The molecule has 1 aromatic carbocycles. The summed E-state index contributed by atoms with van der Waals surface area (Å²) in [6, 6.07) is 6.03. The number of Topliss-reactive ketones (excluding diaryl/α,β-unsaturated/α-hetero) is 1. The van der Waals surface area contributed by atoms with Gasteiger partial charge in [-0.1, -0.05) is 6.07 Å². The molecule has 6 nitrogen and oxygen atoms in total. The molecule has 0 aliphatic carbocycles. The van der Waals surface area contributed by atoms with Gasteiger partial charge in [0.25, 0.3) is 0 Å². The fraction of sp³-hybridized carbons (Fsp3) is 0.286. The highest BCUT2D eigenvalue weighted by Crippen LogP contribution is 2.23. The summed E-state index contributed by atoms with van der Waals surface area (Å²) in [5, 5.41) is 0. The normalized spacial score (nSPS) is 14.6. The number of rotatable bonds is 4. The first-order valence-corrected chi connectivity index (χ1v) is 6.11.